The van der Waals surface area contributed by atoms with Crippen LogP contribution in [0.3, 0.4) is 0 Å². The Bertz CT molecular complexity index is 1250. The van der Waals surface area contributed by atoms with Gasteiger partial charge >= 0.3 is 11.6 Å². The van der Waals surface area contributed by atoms with Crippen LogP contribution in [-0.2, 0) is 25.7 Å². The van der Waals surface area contributed by atoms with Crippen LogP contribution in [0.1, 0.15) is 31.2 Å². The molecule has 0 unspecified atom stereocenters. The number of ether oxygens (including phenoxy) is 1. The van der Waals surface area contributed by atoms with E-state index in [0.717, 1.165) is 28.5 Å². The van der Waals surface area contributed by atoms with Gasteiger partial charge in [0, 0.05) is 17.0 Å². The molecule has 1 aromatic heterocycles. The molecule has 7 heteroatoms. The van der Waals surface area contributed by atoms with Gasteiger partial charge < -0.3 is 9.15 Å². The quantitative estimate of drug-likeness (QED) is 0.279. The highest BCUT2D eigenvalue weighted by molar-refractivity contribution is 6.08. The lowest BCUT2D eigenvalue weighted by molar-refractivity contribution is -0.153. The Hall–Kier alpha value is -3.48. The molecular formula is C24H21NO6. The van der Waals surface area contributed by atoms with Gasteiger partial charge in [-0.05, 0) is 29.7 Å². The molecule has 1 saturated carbocycles. The second-order valence-corrected chi connectivity index (χ2v) is 8.17. The monoisotopic (exact) mass is 419 g/mol. The van der Waals surface area contributed by atoms with Crippen LogP contribution in [0.15, 0.2) is 51.7 Å². The van der Waals surface area contributed by atoms with Crippen molar-refractivity contribution in [2.24, 2.45) is 11.8 Å². The third-order valence-electron chi connectivity index (χ3n) is 6.32. The van der Waals surface area contributed by atoms with Gasteiger partial charge in [0.15, 0.2) is 0 Å². The molecule has 2 heterocycles. The molecule has 2 fully saturated rings. The van der Waals surface area contributed by atoms with Crippen molar-refractivity contribution in [3.05, 3.63) is 58.4 Å². The lowest BCUT2D eigenvalue weighted by Crippen LogP contribution is -2.36. The molecule has 7 nitrogen and oxygen atoms in total. The minimum absolute atomic E-state index is 0.155. The number of carbonyl (C=O) groups excluding carboxylic acids is 3. The molecule has 1 aliphatic carbocycles. The fourth-order valence-corrected chi connectivity index (χ4v) is 4.85. The zero-order valence-electron chi connectivity index (χ0n) is 16.8. The summed E-state index contributed by atoms with van der Waals surface area (Å²) < 4.78 is 10.7. The molecule has 31 heavy (non-hydrogen) atoms. The predicted octanol–water partition coefficient (Wildman–Crippen LogP) is 3.16. The number of hydrogen-bond donors (Lipinski definition) is 0. The Labute approximate surface area is 177 Å². The van der Waals surface area contributed by atoms with Crippen molar-refractivity contribution >= 4 is 39.5 Å². The Kier molecular flexibility index (Phi) is 4.81. The van der Waals surface area contributed by atoms with Crippen LogP contribution in [0.5, 0.6) is 0 Å². The first-order chi connectivity index (χ1) is 15.0. The molecule has 0 radical (unpaired) electrons. The van der Waals surface area contributed by atoms with Crippen LogP contribution >= 0.6 is 0 Å². The molecule has 3 aromatic rings. The van der Waals surface area contributed by atoms with Crippen LogP contribution in [0.2, 0.25) is 0 Å². The average molecular weight is 419 g/mol. The van der Waals surface area contributed by atoms with Gasteiger partial charge in [-0.25, -0.2) is 4.79 Å². The van der Waals surface area contributed by atoms with Crippen molar-refractivity contribution in [2.45, 2.75) is 32.3 Å². The zero-order valence-corrected chi connectivity index (χ0v) is 16.8. The Balaban J connectivity index is 1.37. The first kappa shape index (κ1) is 19.5. The molecule has 0 N–H and O–H groups in total. The van der Waals surface area contributed by atoms with Crippen LogP contribution in [-0.4, -0.2) is 29.2 Å². The third kappa shape index (κ3) is 3.40. The van der Waals surface area contributed by atoms with E-state index in [2.05, 4.69) is 0 Å². The van der Waals surface area contributed by atoms with Gasteiger partial charge in [-0.3, -0.25) is 19.3 Å². The fourth-order valence-electron chi connectivity index (χ4n) is 4.85. The maximum atomic E-state index is 12.6. The topological polar surface area (TPSA) is 93.9 Å². The average Bonchev–Trinajstić information content (AvgIpc) is 3.02. The second kappa shape index (κ2) is 7.65. The molecule has 0 bridgehead atoms. The zero-order chi connectivity index (χ0) is 21.5. The summed E-state index contributed by atoms with van der Waals surface area (Å²) in [7, 11) is 0. The van der Waals surface area contributed by atoms with Gasteiger partial charge in [0.05, 0.1) is 11.8 Å². The summed E-state index contributed by atoms with van der Waals surface area (Å²) in [6.07, 6.45) is 3.24. The Morgan fingerprint density at radius 2 is 1.71 bits per heavy atom. The van der Waals surface area contributed by atoms with Gasteiger partial charge in [0.2, 0.25) is 11.8 Å². The van der Waals surface area contributed by atoms with Crippen molar-refractivity contribution in [3.8, 4) is 0 Å². The summed E-state index contributed by atoms with van der Waals surface area (Å²) in [4.78, 5) is 50.6. The standard InChI is InChI=1S/C24H21NO6/c26-20-11-15(22-16-6-2-1-5-14(16)9-10-19(22)31-20)13-30-21(27)12-25-23(28)17-7-3-4-8-18(17)24(25)29/h1-2,5-6,9-11,17-18H,3-4,7-8,12-13H2/t17-,18-/m0/s1. The van der Waals surface area contributed by atoms with Crippen molar-refractivity contribution in [1.29, 1.82) is 0 Å². The van der Waals surface area contributed by atoms with E-state index in [1.807, 2.05) is 30.3 Å². The lowest BCUT2D eigenvalue weighted by atomic mass is 9.81. The summed E-state index contributed by atoms with van der Waals surface area (Å²) in [6.45, 7) is -0.553. The Morgan fingerprint density at radius 1 is 1.00 bits per heavy atom. The number of carbonyl (C=O) groups is 3. The van der Waals surface area contributed by atoms with Crippen LogP contribution < -0.4 is 5.63 Å². The Morgan fingerprint density at radius 3 is 2.45 bits per heavy atom. The number of esters is 1. The minimum atomic E-state index is -0.679. The minimum Gasteiger partial charge on any atom is -0.459 e. The third-order valence-corrected chi connectivity index (χ3v) is 6.32. The first-order valence-corrected chi connectivity index (χ1v) is 10.5. The highest BCUT2D eigenvalue weighted by Gasteiger charge is 2.48. The van der Waals surface area contributed by atoms with Crippen molar-refractivity contribution in [1.82, 2.24) is 4.90 Å². The number of likely N-dealkylation sites (tertiary alicyclic amines) is 1. The largest absolute Gasteiger partial charge is 0.459 e. The van der Waals surface area contributed by atoms with Crippen molar-refractivity contribution in [3.63, 3.8) is 0 Å². The molecule has 158 valence electrons. The van der Waals surface area contributed by atoms with Crippen LogP contribution in [0, 0.1) is 11.8 Å². The fraction of sp³-hybridized carbons (Fsp3) is 0.333. The van der Waals surface area contributed by atoms with Crippen LogP contribution in [0.25, 0.3) is 21.7 Å². The maximum Gasteiger partial charge on any atom is 0.336 e. The van der Waals surface area contributed by atoms with Gasteiger partial charge in [-0.2, -0.15) is 0 Å². The molecule has 1 saturated heterocycles. The molecule has 1 aliphatic heterocycles. The number of nitrogens with zero attached hydrogens (tertiary/aromatic N) is 1. The summed E-state index contributed by atoms with van der Waals surface area (Å²) in [5.41, 5.74) is 0.387. The summed E-state index contributed by atoms with van der Waals surface area (Å²) >= 11 is 0. The molecule has 2 aliphatic rings. The predicted molar refractivity (Wildman–Crippen MR) is 112 cm³/mol. The van der Waals surface area contributed by atoms with Gasteiger partial charge in [0.25, 0.3) is 0 Å². The number of imide groups is 1. The summed E-state index contributed by atoms with van der Waals surface area (Å²) in [5.74, 6) is -1.83. The maximum absolute atomic E-state index is 12.6. The van der Waals surface area contributed by atoms with Gasteiger partial charge in [0.1, 0.15) is 18.7 Å². The van der Waals surface area contributed by atoms with E-state index in [0.29, 0.717) is 29.4 Å². The van der Waals surface area contributed by atoms with Crippen molar-refractivity contribution in [2.75, 3.05) is 6.54 Å². The molecule has 2 aromatic carbocycles. The van der Waals surface area contributed by atoms with Gasteiger partial charge in [-0.1, -0.05) is 43.2 Å². The first-order valence-electron chi connectivity index (χ1n) is 10.5. The van der Waals surface area contributed by atoms with Crippen molar-refractivity contribution < 1.29 is 23.5 Å². The number of rotatable bonds is 4. The molecule has 2 atom stereocenters. The summed E-state index contributed by atoms with van der Waals surface area (Å²) in [5, 5.41) is 2.54. The lowest BCUT2D eigenvalue weighted by Gasteiger charge is -2.19. The van der Waals surface area contributed by atoms with E-state index in [1.165, 1.54) is 6.07 Å². The van der Waals surface area contributed by atoms with E-state index in [-0.39, 0.29) is 30.3 Å². The SMILES string of the molecule is O=C(CN1C(=O)[C@H]2CCCC[C@@H]2C1=O)OCc1cc(=O)oc2ccc3ccccc3c12. The normalized spacial score (nSPS) is 21.0. The molecular weight excluding hydrogens is 398 g/mol. The second-order valence-electron chi connectivity index (χ2n) is 8.17. The van der Waals surface area contributed by atoms with E-state index in [4.69, 9.17) is 9.15 Å². The number of amides is 2. The molecule has 0 spiro atoms. The van der Waals surface area contributed by atoms with Gasteiger partial charge in [-0.15, -0.1) is 0 Å². The number of benzene rings is 2. The molecule has 5 rings (SSSR count). The summed E-state index contributed by atoms with van der Waals surface area (Å²) in [6, 6.07) is 12.5. The van der Waals surface area contributed by atoms with E-state index >= 15 is 0 Å². The van der Waals surface area contributed by atoms with Crippen LogP contribution in [0.4, 0.5) is 0 Å². The smallest absolute Gasteiger partial charge is 0.336 e. The number of hydrogen-bond acceptors (Lipinski definition) is 6. The molecule has 2 amide bonds. The number of fused-ring (bicyclic) bond motifs is 4. The van der Waals surface area contributed by atoms with E-state index in [1.54, 1.807) is 6.07 Å². The highest BCUT2D eigenvalue weighted by atomic mass is 16.5. The van der Waals surface area contributed by atoms with E-state index < -0.39 is 18.1 Å². The highest BCUT2D eigenvalue weighted by Crippen LogP contribution is 2.38. The van der Waals surface area contributed by atoms with E-state index in [9.17, 15) is 19.2 Å².